The third kappa shape index (κ3) is 3.87. The summed E-state index contributed by atoms with van der Waals surface area (Å²) in [5.41, 5.74) is 1.33. The summed E-state index contributed by atoms with van der Waals surface area (Å²) in [7, 11) is 0. The van der Waals surface area contributed by atoms with Gasteiger partial charge in [-0.25, -0.2) is 19.3 Å². The minimum absolute atomic E-state index is 0.102. The smallest absolute Gasteiger partial charge is 0.183 e. The van der Waals surface area contributed by atoms with E-state index in [1.165, 1.54) is 0 Å². The van der Waals surface area contributed by atoms with Gasteiger partial charge in [0, 0.05) is 36.4 Å². The number of likely N-dealkylation sites (tertiary alicyclic amines) is 1. The van der Waals surface area contributed by atoms with Gasteiger partial charge in [0.2, 0.25) is 0 Å². The SMILES string of the molecule is O=CC1OCCN[C@H]1N1CCCC1Nc1nc(-c2c[nH]c3ncc(Cl)cc23)ncc1F. The maximum Gasteiger partial charge on any atom is 0.183 e. The largest absolute Gasteiger partial charge is 0.366 e. The van der Waals surface area contributed by atoms with Crippen LogP contribution in [0.25, 0.3) is 22.4 Å². The predicted octanol–water partition coefficient (Wildman–Crippen LogP) is 2.16. The van der Waals surface area contributed by atoms with E-state index in [4.69, 9.17) is 16.3 Å². The molecular formula is C20H21ClFN7O2. The fraction of sp³-hybridized carbons (Fsp3) is 0.400. The van der Waals surface area contributed by atoms with Gasteiger partial charge in [-0.3, -0.25) is 10.2 Å². The van der Waals surface area contributed by atoms with Crippen LogP contribution in [0, 0.1) is 5.82 Å². The zero-order valence-corrected chi connectivity index (χ0v) is 17.3. The van der Waals surface area contributed by atoms with E-state index in [1.807, 2.05) is 0 Å². The molecule has 5 heterocycles. The van der Waals surface area contributed by atoms with Gasteiger partial charge in [0.15, 0.2) is 23.7 Å². The van der Waals surface area contributed by atoms with Crippen LogP contribution in [0.15, 0.2) is 24.7 Å². The summed E-state index contributed by atoms with van der Waals surface area (Å²) in [6.07, 6.45) is 5.91. The van der Waals surface area contributed by atoms with Crippen LogP contribution >= 0.6 is 11.6 Å². The van der Waals surface area contributed by atoms with Gasteiger partial charge in [0.25, 0.3) is 0 Å². The molecule has 5 rings (SSSR count). The lowest BCUT2D eigenvalue weighted by molar-refractivity contribution is -0.128. The molecule has 2 fully saturated rings. The van der Waals surface area contributed by atoms with E-state index in [1.54, 1.807) is 18.5 Å². The van der Waals surface area contributed by atoms with Crippen molar-refractivity contribution in [2.24, 2.45) is 0 Å². The molecule has 0 aromatic carbocycles. The number of nitrogens with zero attached hydrogens (tertiary/aromatic N) is 4. The first-order chi connectivity index (χ1) is 15.1. The molecule has 0 bridgehead atoms. The number of nitrogens with one attached hydrogen (secondary N) is 3. The average molecular weight is 446 g/mol. The zero-order chi connectivity index (χ0) is 21.4. The standard InChI is InChI=1S/C20H21ClFN7O2/c21-11-6-12-13(8-25-17(12)24-7-11)18-26-9-14(22)19(28-18)27-16-2-1-4-29(16)20-15(10-30)31-5-3-23-20/h6-10,15-16,20,23H,1-5H2,(H,24,25)(H,26,27,28)/t15?,16?,20-/m0/s1. The lowest BCUT2D eigenvalue weighted by Crippen LogP contribution is -2.60. The Bertz CT molecular complexity index is 1110. The van der Waals surface area contributed by atoms with Crippen LogP contribution in [0.3, 0.4) is 0 Å². The van der Waals surface area contributed by atoms with Crippen molar-refractivity contribution in [3.05, 3.63) is 35.5 Å². The fourth-order valence-electron chi connectivity index (χ4n) is 4.22. The Morgan fingerprint density at radius 2 is 2.26 bits per heavy atom. The van der Waals surface area contributed by atoms with Crippen LogP contribution < -0.4 is 10.6 Å². The molecule has 0 aliphatic carbocycles. The van der Waals surface area contributed by atoms with Crippen molar-refractivity contribution < 1.29 is 13.9 Å². The Balaban J connectivity index is 1.43. The maximum absolute atomic E-state index is 14.6. The van der Waals surface area contributed by atoms with Gasteiger partial charge in [-0.1, -0.05) is 11.6 Å². The van der Waals surface area contributed by atoms with Gasteiger partial charge in [-0.2, -0.15) is 0 Å². The van der Waals surface area contributed by atoms with Gasteiger partial charge in [0.1, 0.15) is 11.8 Å². The van der Waals surface area contributed by atoms with Crippen molar-refractivity contribution in [2.75, 3.05) is 25.0 Å². The fourth-order valence-corrected chi connectivity index (χ4v) is 4.38. The number of H-pyrrole nitrogens is 1. The number of aldehydes is 1. The molecule has 0 saturated carbocycles. The lowest BCUT2D eigenvalue weighted by atomic mass is 10.2. The molecule has 2 unspecified atom stereocenters. The molecule has 2 aliphatic heterocycles. The number of morpholine rings is 1. The molecule has 31 heavy (non-hydrogen) atoms. The van der Waals surface area contributed by atoms with E-state index in [2.05, 4.69) is 35.5 Å². The van der Waals surface area contributed by atoms with Crippen molar-refractivity contribution in [3.8, 4) is 11.4 Å². The first kappa shape index (κ1) is 20.3. The average Bonchev–Trinajstić information content (AvgIpc) is 3.42. The Hall–Kier alpha value is -2.66. The van der Waals surface area contributed by atoms with Crippen LogP contribution in [0.2, 0.25) is 5.02 Å². The number of pyridine rings is 1. The molecule has 2 saturated heterocycles. The highest BCUT2D eigenvalue weighted by Gasteiger charge is 2.37. The topological polar surface area (TPSA) is 108 Å². The number of aromatic nitrogens is 4. The summed E-state index contributed by atoms with van der Waals surface area (Å²) in [5.74, 6) is -0.0920. The van der Waals surface area contributed by atoms with Crippen LogP contribution in [-0.2, 0) is 9.53 Å². The second-order valence-electron chi connectivity index (χ2n) is 7.55. The number of anilines is 1. The number of hydrogen-bond acceptors (Lipinski definition) is 8. The van der Waals surface area contributed by atoms with E-state index in [0.717, 1.165) is 37.3 Å². The Kier molecular flexibility index (Phi) is 5.53. The van der Waals surface area contributed by atoms with Crippen LogP contribution in [0.1, 0.15) is 12.8 Å². The van der Waals surface area contributed by atoms with Crippen LogP contribution in [0.5, 0.6) is 0 Å². The highest BCUT2D eigenvalue weighted by molar-refractivity contribution is 6.31. The first-order valence-corrected chi connectivity index (χ1v) is 10.5. The second kappa shape index (κ2) is 8.46. The summed E-state index contributed by atoms with van der Waals surface area (Å²) in [4.78, 5) is 29.4. The normalized spacial score (nSPS) is 24.5. The minimum atomic E-state index is -0.564. The summed E-state index contributed by atoms with van der Waals surface area (Å²) >= 11 is 6.08. The summed E-state index contributed by atoms with van der Waals surface area (Å²) in [5, 5.41) is 7.77. The predicted molar refractivity (Wildman–Crippen MR) is 113 cm³/mol. The molecule has 9 nitrogen and oxygen atoms in total. The number of hydrogen-bond donors (Lipinski definition) is 3. The number of carbonyl (C=O) groups excluding carboxylic acids is 1. The van der Waals surface area contributed by atoms with Crippen molar-refractivity contribution in [3.63, 3.8) is 0 Å². The highest BCUT2D eigenvalue weighted by Crippen LogP contribution is 2.29. The van der Waals surface area contributed by atoms with Crippen LogP contribution in [0.4, 0.5) is 10.2 Å². The first-order valence-electron chi connectivity index (χ1n) is 10.1. The molecule has 0 spiro atoms. The molecule has 3 aromatic rings. The molecule has 0 radical (unpaired) electrons. The molecule has 0 amide bonds. The van der Waals surface area contributed by atoms with Gasteiger partial charge in [-0.15, -0.1) is 0 Å². The summed E-state index contributed by atoms with van der Waals surface area (Å²) < 4.78 is 20.2. The minimum Gasteiger partial charge on any atom is -0.366 e. The number of rotatable bonds is 5. The number of halogens is 2. The van der Waals surface area contributed by atoms with Crippen molar-refractivity contribution in [1.82, 2.24) is 30.2 Å². The summed E-state index contributed by atoms with van der Waals surface area (Å²) in [6, 6.07) is 1.77. The molecule has 3 aromatic heterocycles. The maximum atomic E-state index is 14.6. The Labute approximate surface area is 182 Å². The van der Waals surface area contributed by atoms with E-state index in [9.17, 15) is 9.18 Å². The van der Waals surface area contributed by atoms with E-state index in [0.29, 0.717) is 35.2 Å². The molecule has 3 N–H and O–H groups in total. The van der Waals surface area contributed by atoms with Gasteiger partial charge in [0.05, 0.1) is 30.2 Å². The lowest BCUT2D eigenvalue weighted by Gasteiger charge is -2.39. The number of fused-ring (bicyclic) bond motifs is 1. The summed E-state index contributed by atoms with van der Waals surface area (Å²) in [6.45, 7) is 1.90. The Morgan fingerprint density at radius 1 is 1.35 bits per heavy atom. The van der Waals surface area contributed by atoms with E-state index < -0.39 is 11.9 Å². The number of aromatic amines is 1. The van der Waals surface area contributed by atoms with Gasteiger partial charge in [-0.05, 0) is 18.9 Å². The van der Waals surface area contributed by atoms with E-state index in [-0.39, 0.29) is 18.1 Å². The quantitative estimate of drug-likeness (QED) is 0.513. The van der Waals surface area contributed by atoms with Gasteiger partial charge >= 0.3 is 0 Å². The Morgan fingerprint density at radius 3 is 3.13 bits per heavy atom. The molecule has 11 heteroatoms. The highest BCUT2D eigenvalue weighted by atomic mass is 35.5. The van der Waals surface area contributed by atoms with E-state index >= 15 is 0 Å². The zero-order valence-electron chi connectivity index (χ0n) is 16.5. The monoisotopic (exact) mass is 445 g/mol. The molecular weight excluding hydrogens is 425 g/mol. The molecule has 3 atom stereocenters. The molecule has 162 valence electrons. The van der Waals surface area contributed by atoms with Crippen molar-refractivity contribution in [2.45, 2.75) is 31.3 Å². The molecule has 2 aliphatic rings. The van der Waals surface area contributed by atoms with Crippen molar-refractivity contribution >= 4 is 34.7 Å². The second-order valence-corrected chi connectivity index (χ2v) is 7.99. The third-order valence-electron chi connectivity index (χ3n) is 5.65. The van der Waals surface area contributed by atoms with Crippen LogP contribution in [-0.4, -0.2) is 69.3 Å². The number of ether oxygens (including phenoxy) is 1. The van der Waals surface area contributed by atoms with Crippen molar-refractivity contribution in [1.29, 1.82) is 0 Å². The number of carbonyl (C=O) groups is 1. The third-order valence-corrected chi connectivity index (χ3v) is 5.86. The van der Waals surface area contributed by atoms with Gasteiger partial charge < -0.3 is 19.8 Å².